The van der Waals surface area contributed by atoms with E-state index in [0.29, 0.717) is 39.3 Å². The summed E-state index contributed by atoms with van der Waals surface area (Å²) in [6.45, 7) is 0. The van der Waals surface area contributed by atoms with E-state index in [-0.39, 0.29) is 11.5 Å². The van der Waals surface area contributed by atoms with Crippen LogP contribution in [-0.2, 0) is 0 Å². The smallest absolute Gasteiger partial charge is 0.203 e. The highest BCUT2D eigenvalue weighted by atomic mass is 35.5. The Morgan fingerprint density at radius 2 is 1.49 bits per heavy atom. The van der Waals surface area contributed by atoms with Crippen LogP contribution < -0.4 is 24.3 Å². The van der Waals surface area contributed by atoms with Gasteiger partial charge in [-0.15, -0.1) is 0 Å². The van der Waals surface area contributed by atoms with E-state index in [4.69, 9.17) is 30.5 Å². The summed E-state index contributed by atoms with van der Waals surface area (Å²) in [7, 11) is 6.19. The molecule has 0 aliphatic heterocycles. The lowest BCUT2D eigenvalue weighted by molar-refractivity contribution is 0.104. The van der Waals surface area contributed by atoms with Crippen LogP contribution in [0.15, 0.2) is 60.8 Å². The van der Waals surface area contributed by atoms with Crippen molar-refractivity contribution in [2.75, 3.05) is 33.8 Å². The van der Waals surface area contributed by atoms with E-state index < -0.39 is 0 Å². The molecule has 3 aromatic rings. The minimum Gasteiger partial charge on any atom is -0.508 e. The van der Waals surface area contributed by atoms with Crippen molar-refractivity contribution in [2.24, 2.45) is 0 Å². The van der Waals surface area contributed by atoms with Gasteiger partial charge in [0, 0.05) is 29.6 Å². The van der Waals surface area contributed by atoms with Crippen LogP contribution in [0, 0.1) is 0 Å². The number of ether oxygens (including phenoxy) is 4. The second-order valence-electron chi connectivity index (χ2n) is 7.25. The Labute approximate surface area is 209 Å². The highest BCUT2D eigenvalue weighted by molar-refractivity contribution is 6.32. The van der Waals surface area contributed by atoms with Crippen molar-refractivity contribution >= 4 is 35.2 Å². The molecule has 0 aliphatic carbocycles. The molecule has 0 bridgehead atoms. The van der Waals surface area contributed by atoms with Crippen molar-refractivity contribution in [3.05, 3.63) is 82.5 Å². The molecule has 182 valence electrons. The first-order valence-electron chi connectivity index (χ1n) is 10.5. The first kappa shape index (κ1) is 25.5. The third-order valence-electron chi connectivity index (χ3n) is 5.09. The average molecular weight is 496 g/mol. The van der Waals surface area contributed by atoms with Gasteiger partial charge in [-0.25, -0.2) is 0 Å². The van der Waals surface area contributed by atoms with Crippen molar-refractivity contribution in [1.29, 1.82) is 0 Å². The topological polar surface area (TPSA) is 86.3 Å². The molecule has 0 heterocycles. The van der Waals surface area contributed by atoms with Crippen LogP contribution in [0.1, 0.15) is 21.5 Å². The maximum absolute atomic E-state index is 12.4. The molecule has 0 saturated carbocycles. The number of hydrogen-bond donors (Lipinski definition) is 2. The number of allylic oxidation sites excluding steroid dienone is 1. The maximum Gasteiger partial charge on any atom is 0.203 e. The Morgan fingerprint density at radius 1 is 0.857 bits per heavy atom. The van der Waals surface area contributed by atoms with Crippen molar-refractivity contribution < 1.29 is 28.8 Å². The monoisotopic (exact) mass is 495 g/mol. The largest absolute Gasteiger partial charge is 0.508 e. The number of aromatic hydroxyl groups is 1. The minimum atomic E-state index is -0.215. The molecule has 0 amide bonds. The Balaban J connectivity index is 1.90. The molecule has 0 saturated heterocycles. The molecular weight excluding hydrogens is 470 g/mol. The van der Waals surface area contributed by atoms with Crippen LogP contribution in [0.2, 0.25) is 5.02 Å². The molecule has 0 unspecified atom stereocenters. The number of phenolic OH excluding ortho intramolecular Hbond substituents is 1. The van der Waals surface area contributed by atoms with E-state index in [0.717, 1.165) is 11.1 Å². The second kappa shape index (κ2) is 11.9. The Hall–Kier alpha value is -4.10. The number of methoxy groups -OCH3 is 4. The average Bonchev–Trinajstić information content (AvgIpc) is 2.87. The standard InChI is InChI=1S/C27H26ClNO6/c1-32-24-16-22(29-12-11-23(31)18-7-9-20(30)10-8-18)19(15-21(24)28)6-5-17-13-25(33-2)27(35-4)26(14-17)34-3/h5-16,29-30H,1-4H3. The van der Waals surface area contributed by atoms with E-state index in [1.807, 2.05) is 24.3 Å². The number of halogens is 1. The zero-order valence-electron chi connectivity index (χ0n) is 19.8. The zero-order chi connectivity index (χ0) is 25.4. The highest BCUT2D eigenvalue weighted by Crippen LogP contribution is 2.39. The van der Waals surface area contributed by atoms with Gasteiger partial charge in [-0.3, -0.25) is 4.79 Å². The number of benzene rings is 3. The zero-order valence-corrected chi connectivity index (χ0v) is 20.6. The van der Waals surface area contributed by atoms with Crippen molar-refractivity contribution in [3.63, 3.8) is 0 Å². The van der Waals surface area contributed by atoms with Crippen molar-refractivity contribution in [2.45, 2.75) is 0 Å². The molecule has 0 atom stereocenters. The summed E-state index contributed by atoms with van der Waals surface area (Å²) < 4.78 is 21.6. The van der Waals surface area contributed by atoms with E-state index >= 15 is 0 Å². The molecular formula is C27H26ClNO6. The summed E-state index contributed by atoms with van der Waals surface area (Å²) >= 11 is 6.36. The number of anilines is 1. The quantitative estimate of drug-likeness (QED) is 0.201. The fraction of sp³-hybridized carbons (Fsp3) is 0.148. The lowest BCUT2D eigenvalue weighted by Gasteiger charge is -2.13. The third kappa shape index (κ3) is 6.28. The van der Waals surface area contributed by atoms with Gasteiger partial charge in [0.05, 0.1) is 33.5 Å². The van der Waals surface area contributed by atoms with Crippen LogP contribution in [0.5, 0.6) is 28.7 Å². The van der Waals surface area contributed by atoms with Crippen LogP contribution in [0.25, 0.3) is 12.2 Å². The van der Waals surface area contributed by atoms with Gasteiger partial charge in [-0.2, -0.15) is 0 Å². The van der Waals surface area contributed by atoms with E-state index in [9.17, 15) is 9.90 Å². The summed E-state index contributed by atoms with van der Waals surface area (Å²) in [5, 5.41) is 12.9. The third-order valence-corrected chi connectivity index (χ3v) is 5.39. The first-order chi connectivity index (χ1) is 16.9. The summed E-state index contributed by atoms with van der Waals surface area (Å²) in [6, 6.07) is 13.2. The number of nitrogens with one attached hydrogen (secondary N) is 1. The second-order valence-corrected chi connectivity index (χ2v) is 7.66. The van der Waals surface area contributed by atoms with E-state index in [1.165, 1.54) is 31.5 Å². The van der Waals surface area contributed by atoms with Gasteiger partial charge in [0.25, 0.3) is 0 Å². The number of ketones is 1. The minimum absolute atomic E-state index is 0.0976. The molecule has 0 spiro atoms. The van der Waals surface area contributed by atoms with Crippen molar-refractivity contribution in [3.8, 4) is 28.7 Å². The molecule has 0 aromatic heterocycles. The van der Waals surface area contributed by atoms with Gasteiger partial charge in [-0.05, 0) is 53.6 Å². The number of phenols is 1. The van der Waals surface area contributed by atoms with Crippen LogP contribution in [0.4, 0.5) is 5.69 Å². The Bertz CT molecular complexity index is 1230. The summed E-state index contributed by atoms with van der Waals surface area (Å²) in [6.07, 6.45) is 6.68. The molecule has 7 nitrogen and oxygen atoms in total. The summed E-state index contributed by atoms with van der Waals surface area (Å²) in [5.41, 5.74) is 2.70. The molecule has 35 heavy (non-hydrogen) atoms. The normalized spacial score (nSPS) is 11.0. The lowest BCUT2D eigenvalue weighted by atomic mass is 10.1. The molecule has 2 N–H and O–H groups in total. The highest BCUT2D eigenvalue weighted by Gasteiger charge is 2.13. The molecule has 0 radical (unpaired) electrons. The van der Waals surface area contributed by atoms with Crippen LogP contribution in [-0.4, -0.2) is 39.3 Å². The van der Waals surface area contributed by atoms with E-state index in [2.05, 4.69) is 5.32 Å². The van der Waals surface area contributed by atoms with Gasteiger partial charge in [0.15, 0.2) is 17.3 Å². The Morgan fingerprint density at radius 3 is 2.06 bits per heavy atom. The van der Waals surface area contributed by atoms with Crippen molar-refractivity contribution in [1.82, 2.24) is 0 Å². The molecule has 8 heteroatoms. The molecule has 0 aliphatic rings. The maximum atomic E-state index is 12.4. The van der Waals surface area contributed by atoms with Crippen LogP contribution >= 0.6 is 11.6 Å². The van der Waals surface area contributed by atoms with Gasteiger partial charge in [0.2, 0.25) is 5.75 Å². The van der Waals surface area contributed by atoms with Gasteiger partial charge in [-0.1, -0.05) is 23.8 Å². The molecule has 0 fully saturated rings. The molecule has 3 aromatic carbocycles. The van der Waals surface area contributed by atoms with Gasteiger partial charge < -0.3 is 29.4 Å². The lowest BCUT2D eigenvalue weighted by Crippen LogP contribution is -1.98. The predicted molar refractivity (Wildman–Crippen MR) is 138 cm³/mol. The fourth-order valence-corrected chi connectivity index (χ4v) is 3.55. The number of carbonyl (C=O) groups is 1. The van der Waals surface area contributed by atoms with E-state index in [1.54, 1.807) is 45.6 Å². The number of hydrogen-bond acceptors (Lipinski definition) is 7. The SMILES string of the molecule is COc1cc(NC=CC(=O)c2ccc(O)cc2)c(C=Cc2cc(OC)c(OC)c(OC)c2)cc1Cl. The first-order valence-corrected chi connectivity index (χ1v) is 10.9. The Kier molecular flexibility index (Phi) is 8.64. The fourth-order valence-electron chi connectivity index (χ4n) is 3.30. The predicted octanol–water partition coefficient (Wildman–Crippen LogP) is 6.06. The number of carbonyl (C=O) groups excluding carboxylic acids is 1. The summed E-state index contributed by atoms with van der Waals surface area (Å²) in [5.74, 6) is 1.94. The molecule has 3 rings (SSSR count). The summed E-state index contributed by atoms with van der Waals surface area (Å²) in [4.78, 5) is 12.4. The van der Waals surface area contributed by atoms with Crippen LogP contribution in [0.3, 0.4) is 0 Å². The van der Waals surface area contributed by atoms with Gasteiger partial charge >= 0.3 is 0 Å². The van der Waals surface area contributed by atoms with Gasteiger partial charge in [0.1, 0.15) is 11.5 Å². The number of rotatable bonds is 10.